The zero-order chi connectivity index (χ0) is 23.7. The van der Waals surface area contributed by atoms with Gasteiger partial charge in [-0.05, 0) is 68.3 Å². The van der Waals surface area contributed by atoms with Crippen molar-refractivity contribution in [3.05, 3.63) is 96.1 Å². The van der Waals surface area contributed by atoms with Crippen LogP contribution in [0.4, 0.5) is 11.4 Å². The van der Waals surface area contributed by atoms with Gasteiger partial charge in [-0.3, -0.25) is 14.4 Å². The molecule has 1 aliphatic carbocycles. The number of nitrogens with zero attached hydrogens (tertiary/aromatic N) is 1. The number of para-hydroxylation sites is 2. The van der Waals surface area contributed by atoms with E-state index >= 15 is 0 Å². The van der Waals surface area contributed by atoms with Gasteiger partial charge in [0.05, 0.1) is 23.1 Å². The minimum atomic E-state index is -0.392. The lowest BCUT2D eigenvalue weighted by Gasteiger charge is -2.19. The molecule has 2 aliphatic rings. The average Bonchev–Trinajstić information content (AvgIpc) is 3.10. The summed E-state index contributed by atoms with van der Waals surface area (Å²) in [5, 5.41) is 2.86. The number of imide groups is 1. The van der Waals surface area contributed by atoms with Crippen molar-refractivity contribution in [2.45, 2.75) is 19.8 Å². The first-order valence-corrected chi connectivity index (χ1v) is 11.3. The van der Waals surface area contributed by atoms with Crippen LogP contribution in [0, 0.1) is 11.8 Å². The maximum Gasteiger partial charge on any atom is 0.257 e. The van der Waals surface area contributed by atoms with Gasteiger partial charge in [0, 0.05) is 5.69 Å². The van der Waals surface area contributed by atoms with Gasteiger partial charge in [0.25, 0.3) is 5.91 Å². The molecule has 3 aromatic rings. The van der Waals surface area contributed by atoms with E-state index in [2.05, 4.69) is 5.32 Å². The lowest BCUT2D eigenvalue weighted by molar-refractivity contribution is -0.122. The third kappa shape index (κ3) is 4.10. The minimum Gasteiger partial charge on any atom is -0.457 e. The first kappa shape index (κ1) is 21.6. The Morgan fingerprint density at radius 1 is 0.853 bits per heavy atom. The Bertz CT molecular complexity index is 1280. The normalized spacial score (nSPS) is 19.4. The zero-order valence-corrected chi connectivity index (χ0v) is 18.7. The quantitative estimate of drug-likeness (QED) is 0.405. The summed E-state index contributed by atoms with van der Waals surface area (Å²) in [6.45, 7) is 1.98. The minimum absolute atomic E-state index is 0.231. The molecule has 0 bridgehead atoms. The van der Waals surface area contributed by atoms with Crippen LogP contribution in [0.2, 0.25) is 0 Å². The van der Waals surface area contributed by atoms with Gasteiger partial charge >= 0.3 is 0 Å². The molecule has 0 saturated carbocycles. The smallest absolute Gasteiger partial charge is 0.257 e. The SMILES string of the molecule is CC1=CC[C@@H]2C(=O)N(c3ccccc3C(=O)Nc3ccc(Oc4ccccc4)cc3)C(=O)[C@H]2C1. The number of fused-ring (bicyclic) bond motifs is 1. The van der Waals surface area contributed by atoms with E-state index in [1.54, 1.807) is 48.5 Å². The van der Waals surface area contributed by atoms with Crippen LogP contribution < -0.4 is 15.0 Å². The number of allylic oxidation sites excluding steroid dienone is 2. The van der Waals surface area contributed by atoms with Crippen molar-refractivity contribution in [2.75, 3.05) is 10.2 Å². The summed E-state index contributed by atoms with van der Waals surface area (Å²) < 4.78 is 5.79. The number of benzene rings is 3. The van der Waals surface area contributed by atoms with E-state index < -0.39 is 5.91 Å². The molecule has 3 aromatic carbocycles. The summed E-state index contributed by atoms with van der Waals surface area (Å²) in [5.74, 6) is -0.206. The topological polar surface area (TPSA) is 75.7 Å². The van der Waals surface area contributed by atoms with Crippen molar-refractivity contribution < 1.29 is 19.1 Å². The van der Waals surface area contributed by atoms with Gasteiger partial charge < -0.3 is 10.1 Å². The molecule has 1 fully saturated rings. The number of anilines is 2. The second-order valence-electron chi connectivity index (χ2n) is 8.63. The van der Waals surface area contributed by atoms with Crippen molar-refractivity contribution in [1.29, 1.82) is 0 Å². The predicted molar refractivity (Wildman–Crippen MR) is 130 cm³/mol. The maximum absolute atomic E-state index is 13.1. The van der Waals surface area contributed by atoms with Gasteiger partial charge in [-0.1, -0.05) is 42.0 Å². The summed E-state index contributed by atoms with van der Waals surface area (Å²) in [5.41, 5.74) is 2.30. The van der Waals surface area contributed by atoms with Crippen molar-refractivity contribution in [1.82, 2.24) is 0 Å². The Hall–Kier alpha value is -4.19. The van der Waals surface area contributed by atoms with E-state index in [9.17, 15) is 14.4 Å². The van der Waals surface area contributed by atoms with E-state index in [4.69, 9.17) is 4.74 Å². The number of nitrogens with one attached hydrogen (secondary N) is 1. The molecule has 0 radical (unpaired) electrons. The maximum atomic E-state index is 13.1. The lowest BCUT2D eigenvalue weighted by Crippen LogP contribution is -2.33. The fraction of sp³-hybridized carbons (Fsp3) is 0.179. The summed E-state index contributed by atoms with van der Waals surface area (Å²) in [4.78, 5) is 40.6. The molecule has 1 N–H and O–H groups in total. The van der Waals surface area contributed by atoms with E-state index in [1.807, 2.05) is 43.3 Å². The molecule has 1 aliphatic heterocycles. The van der Waals surface area contributed by atoms with Crippen LogP contribution in [0.3, 0.4) is 0 Å². The number of hydrogen-bond donors (Lipinski definition) is 1. The number of carbonyl (C=O) groups is 3. The first-order valence-electron chi connectivity index (χ1n) is 11.3. The molecule has 1 heterocycles. The number of ether oxygens (including phenoxy) is 1. The van der Waals surface area contributed by atoms with Gasteiger partial charge in [0.1, 0.15) is 11.5 Å². The molecule has 170 valence electrons. The molecular formula is C28H24N2O4. The fourth-order valence-corrected chi connectivity index (χ4v) is 4.56. The number of amides is 3. The van der Waals surface area contributed by atoms with Crippen LogP contribution in [0.1, 0.15) is 30.1 Å². The molecule has 0 aromatic heterocycles. The van der Waals surface area contributed by atoms with E-state index in [0.717, 1.165) is 11.3 Å². The summed E-state index contributed by atoms with van der Waals surface area (Å²) in [7, 11) is 0. The molecule has 34 heavy (non-hydrogen) atoms. The number of rotatable bonds is 5. The van der Waals surface area contributed by atoms with E-state index in [1.165, 1.54) is 4.90 Å². The van der Waals surface area contributed by atoms with Crippen LogP contribution >= 0.6 is 0 Å². The van der Waals surface area contributed by atoms with Crippen molar-refractivity contribution in [3.8, 4) is 11.5 Å². The first-order chi connectivity index (χ1) is 16.5. The molecule has 1 saturated heterocycles. The fourth-order valence-electron chi connectivity index (χ4n) is 4.56. The van der Waals surface area contributed by atoms with Crippen LogP contribution in [0.15, 0.2) is 90.5 Å². The Morgan fingerprint density at radius 3 is 2.26 bits per heavy atom. The van der Waals surface area contributed by atoms with Crippen LogP contribution in [-0.2, 0) is 9.59 Å². The molecule has 6 heteroatoms. The van der Waals surface area contributed by atoms with Gasteiger partial charge in [-0.25, -0.2) is 4.90 Å². The predicted octanol–water partition coefficient (Wildman–Crippen LogP) is 5.58. The summed E-state index contributed by atoms with van der Waals surface area (Å²) >= 11 is 0. The molecule has 0 unspecified atom stereocenters. The van der Waals surface area contributed by atoms with E-state index in [0.29, 0.717) is 30.0 Å². The third-order valence-electron chi connectivity index (χ3n) is 6.30. The molecule has 3 amide bonds. The Balaban J connectivity index is 1.34. The highest BCUT2D eigenvalue weighted by atomic mass is 16.5. The molecule has 0 spiro atoms. The van der Waals surface area contributed by atoms with Crippen LogP contribution in [-0.4, -0.2) is 17.7 Å². The van der Waals surface area contributed by atoms with Crippen molar-refractivity contribution in [2.24, 2.45) is 11.8 Å². The Morgan fingerprint density at radius 2 is 1.50 bits per heavy atom. The van der Waals surface area contributed by atoms with Crippen molar-refractivity contribution >= 4 is 29.1 Å². The van der Waals surface area contributed by atoms with E-state index in [-0.39, 0.29) is 29.2 Å². The van der Waals surface area contributed by atoms with Gasteiger partial charge in [-0.2, -0.15) is 0 Å². The highest BCUT2D eigenvalue weighted by Gasteiger charge is 2.49. The van der Waals surface area contributed by atoms with Gasteiger partial charge in [0.2, 0.25) is 11.8 Å². The third-order valence-corrected chi connectivity index (χ3v) is 6.30. The molecule has 6 nitrogen and oxygen atoms in total. The van der Waals surface area contributed by atoms with Gasteiger partial charge in [-0.15, -0.1) is 0 Å². The average molecular weight is 453 g/mol. The summed E-state index contributed by atoms with van der Waals surface area (Å²) in [6, 6.07) is 23.2. The highest BCUT2D eigenvalue weighted by molar-refractivity contribution is 6.25. The zero-order valence-electron chi connectivity index (χ0n) is 18.7. The Kier molecular flexibility index (Phi) is 5.72. The second kappa shape index (κ2) is 8.98. The molecule has 2 atom stereocenters. The van der Waals surface area contributed by atoms with Crippen LogP contribution in [0.25, 0.3) is 0 Å². The lowest BCUT2D eigenvalue weighted by atomic mass is 9.82. The number of hydrogen-bond acceptors (Lipinski definition) is 4. The highest BCUT2D eigenvalue weighted by Crippen LogP contribution is 2.40. The largest absolute Gasteiger partial charge is 0.457 e. The van der Waals surface area contributed by atoms with Crippen molar-refractivity contribution in [3.63, 3.8) is 0 Å². The number of carbonyl (C=O) groups excluding carboxylic acids is 3. The summed E-state index contributed by atoms with van der Waals surface area (Å²) in [6.07, 6.45) is 3.17. The Labute approximate surface area is 197 Å². The van der Waals surface area contributed by atoms with Crippen LogP contribution in [0.5, 0.6) is 11.5 Å². The second-order valence-corrected chi connectivity index (χ2v) is 8.63. The van der Waals surface area contributed by atoms with Gasteiger partial charge in [0.15, 0.2) is 0 Å². The molecule has 5 rings (SSSR count). The molecular weight excluding hydrogens is 428 g/mol. The monoisotopic (exact) mass is 452 g/mol. The standard InChI is InChI=1S/C28H24N2O4/c1-18-11-16-22-24(17-18)28(33)30(27(22)32)25-10-6-5-9-23(25)26(31)29-19-12-14-21(15-13-19)34-20-7-3-2-4-8-20/h2-15,22,24H,16-17H2,1H3,(H,29,31)/t22-,24-/m0/s1.